The summed E-state index contributed by atoms with van der Waals surface area (Å²) in [5.74, 6) is 1.21. The standard InChI is InChI=1S/C15H26N2O2/c1-9(2)12-15(19)17(8-7-11-5-6-11)13(10(3)4)14(18)16-12/h9-13H,5-8H2,1-4H3,(H,16,18). The van der Waals surface area contributed by atoms with E-state index < -0.39 is 0 Å². The van der Waals surface area contributed by atoms with E-state index in [0.717, 1.165) is 18.9 Å². The summed E-state index contributed by atoms with van der Waals surface area (Å²) in [6.45, 7) is 8.73. The molecular weight excluding hydrogens is 240 g/mol. The molecule has 19 heavy (non-hydrogen) atoms. The van der Waals surface area contributed by atoms with Crippen LogP contribution in [0.15, 0.2) is 0 Å². The van der Waals surface area contributed by atoms with Crippen LogP contribution in [0.3, 0.4) is 0 Å². The molecule has 4 nitrogen and oxygen atoms in total. The highest BCUT2D eigenvalue weighted by Crippen LogP contribution is 2.33. The molecular formula is C15H26N2O2. The molecule has 2 amide bonds. The first-order valence-corrected chi connectivity index (χ1v) is 7.52. The van der Waals surface area contributed by atoms with Crippen LogP contribution in [0.4, 0.5) is 0 Å². The van der Waals surface area contributed by atoms with Crippen LogP contribution in [-0.4, -0.2) is 35.3 Å². The summed E-state index contributed by atoms with van der Waals surface area (Å²) >= 11 is 0. The van der Waals surface area contributed by atoms with E-state index in [9.17, 15) is 9.59 Å². The topological polar surface area (TPSA) is 49.4 Å². The van der Waals surface area contributed by atoms with Gasteiger partial charge in [-0.25, -0.2) is 0 Å². The lowest BCUT2D eigenvalue weighted by Gasteiger charge is -2.42. The summed E-state index contributed by atoms with van der Waals surface area (Å²) in [5.41, 5.74) is 0. The lowest BCUT2D eigenvalue weighted by Crippen LogP contribution is -2.66. The van der Waals surface area contributed by atoms with Gasteiger partial charge < -0.3 is 10.2 Å². The van der Waals surface area contributed by atoms with Gasteiger partial charge in [-0.2, -0.15) is 0 Å². The van der Waals surface area contributed by atoms with Crippen LogP contribution in [0.2, 0.25) is 0 Å². The predicted octanol–water partition coefficient (Wildman–Crippen LogP) is 1.79. The Morgan fingerprint density at radius 3 is 2.26 bits per heavy atom. The first kappa shape index (κ1) is 14.4. The minimum atomic E-state index is -0.346. The molecule has 108 valence electrons. The fourth-order valence-corrected chi connectivity index (χ4v) is 2.85. The molecule has 0 radical (unpaired) electrons. The van der Waals surface area contributed by atoms with E-state index in [1.165, 1.54) is 12.8 Å². The number of nitrogens with zero attached hydrogens (tertiary/aromatic N) is 1. The molecule has 1 N–H and O–H groups in total. The molecule has 2 rings (SSSR count). The Hall–Kier alpha value is -1.06. The Kier molecular flexibility index (Phi) is 4.16. The maximum absolute atomic E-state index is 12.6. The van der Waals surface area contributed by atoms with Crippen molar-refractivity contribution in [2.75, 3.05) is 6.54 Å². The molecule has 1 saturated carbocycles. The first-order chi connectivity index (χ1) is 8.91. The van der Waals surface area contributed by atoms with Gasteiger partial charge >= 0.3 is 0 Å². The quantitative estimate of drug-likeness (QED) is 0.825. The van der Waals surface area contributed by atoms with Crippen LogP contribution < -0.4 is 5.32 Å². The highest BCUT2D eigenvalue weighted by molar-refractivity contribution is 5.97. The van der Waals surface area contributed by atoms with Gasteiger partial charge in [0, 0.05) is 6.54 Å². The molecule has 0 bridgehead atoms. The molecule has 1 saturated heterocycles. The van der Waals surface area contributed by atoms with Crippen LogP contribution in [0.1, 0.15) is 47.0 Å². The average molecular weight is 266 g/mol. The van der Waals surface area contributed by atoms with E-state index in [1.807, 2.05) is 32.6 Å². The third-order valence-corrected chi connectivity index (χ3v) is 4.22. The second kappa shape index (κ2) is 5.51. The zero-order chi connectivity index (χ0) is 14.2. The summed E-state index contributed by atoms with van der Waals surface area (Å²) in [4.78, 5) is 26.7. The van der Waals surface area contributed by atoms with Crippen molar-refractivity contribution in [2.24, 2.45) is 17.8 Å². The van der Waals surface area contributed by atoms with Crippen molar-refractivity contribution in [3.8, 4) is 0 Å². The molecule has 1 aliphatic carbocycles. The van der Waals surface area contributed by atoms with Gasteiger partial charge in [-0.15, -0.1) is 0 Å². The van der Waals surface area contributed by atoms with E-state index in [-0.39, 0.29) is 35.7 Å². The number of hydrogen-bond acceptors (Lipinski definition) is 2. The van der Waals surface area contributed by atoms with E-state index in [0.29, 0.717) is 0 Å². The molecule has 2 aliphatic rings. The molecule has 2 unspecified atom stereocenters. The van der Waals surface area contributed by atoms with Gasteiger partial charge in [0.15, 0.2) is 0 Å². The molecule has 2 atom stereocenters. The Morgan fingerprint density at radius 1 is 1.16 bits per heavy atom. The molecule has 0 spiro atoms. The monoisotopic (exact) mass is 266 g/mol. The second-order valence-electron chi connectivity index (χ2n) is 6.68. The van der Waals surface area contributed by atoms with E-state index >= 15 is 0 Å². The van der Waals surface area contributed by atoms with E-state index in [1.54, 1.807) is 0 Å². The molecule has 4 heteroatoms. The lowest BCUT2D eigenvalue weighted by atomic mass is 9.92. The van der Waals surface area contributed by atoms with Crippen molar-refractivity contribution in [1.29, 1.82) is 0 Å². The Bertz CT molecular complexity index is 361. The van der Waals surface area contributed by atoms with Gasteiger partial charge in [-0.1, -0.05) is 40.5 Å². The van der Waals surface area contributed by atoms with Gasteiger partial charge in [0.1, 0.15) is 12.1 Å². The van der Waals surface area contributed by atoms with Crippen molar-refractivity contribution in [2.45, 2.75) is 59.0 Å². The third-order valence-electron chi connectivity index (χ3n) is 4.22. The minimum absolute atomic E-state index is 0.0177. The zero-order valence-corrected chi connectivity index (χ0v) is 12.5. The number of piperazine rings is 1. The van der Waals surface area contributed by atoms with Gasteiger partial charge in [-0.05, 0) is 24.2 Å². The van der Waals surface area contributed by atoms with E-state index in [2.05, 4.69) is 5.32 Å². The summed E-state index contributed by atoms with van der Waals surface area (Å²) in [6.07, 6.45) is 3.62. The normalized spacial score (nSPS) is 28.2. The second-order valence-corrected chi connectivity index (χ2v) is 6.68. The third kappa shape index (κ3) is 3.10. The number of rotatable bonds is 5. The molecule has 0 aromatic heterocycles. The lowest BCUT2D eigenvalue weighted by molar-refractivity contribution is -0.152. The predicted molar refractivity (Wildman–Crippen MR) is 74.4 cm³/mol. The highest BCUT2D eigenvalue weighted by atomic mass is 16.2. The molecule has 1 heterocycles. The van der Waals surface area contributed by atoms with Gasteiger partial charge in [0.25, 0.3) is 0 Å². The van der Waals surface area contributed by atoms with Gasteiger partial charge in [0.2, 0.25) is 11.8 Å². The zero-order valence-electron chi connectivity index (χ0n) is 12.5. The maximum Gasteiger partial charge on any atom is 0.246 e. The first-order valence-electron chi connectivity index (χ1n) is 7.52. The average Bonchev–Trinajstić information content (AvgIpc) is 3.12. The van der Waals surface area contributed by atoms with Crippen molar-refractivity contribution < 1.29 is 9.59 Å². The summed E-state index contributed by atoms with van der Waals surface area (Å²) in [6, 6.07) is -0.636. The van der Waals surface area contributed by atoms with Crippen molar-refractivity contribution in [1.82, 2.24) is 10.2 Å². The van der Waals surface area contributed by atoms with Crippen molar-refractivity contribution >= 4 is 11.8 Å². The van der Waals surface area contributed by atoms with Crippen LogP contribution in [0, 0.1) is 17.8 Å². The Balaban J connectivity index is 2.13. The Labute approximate surface area is 115 Å². The number of hydrogen-bond donors (Lipinski definition) is 1. The SMILES string of the molecule is CC(C)C1NC(=O)C(C(C)C)N(CCC2CC2)C1=O. The molecule has 2 fully saturated rings. The summed E-state index contributed by atoms with van der Waals surface area (Å²) in [5, 5.41) is 2.90. The van der Waals surface area contributed by atoms with Crippen LogP contribution in [0.25, 0.3) is 0 Å². The molecule has 1 aliphatic heterocycles. The largest absolute Gasteiger partial charge is 0.342 e. The van der Waals surface area contributed by atoms with Crippen LogP contribution >= 0.6 is 0 Å². The van der Waals surface area contributed by atoms with Crippen LogP contribution in [-0.2, 0) is 9.59 Å². The number of amides is 2. The number of nitrogens with one attached hydrogen (secondary N) is 1. The Morgan fingerprint density at radius 2 is 1.79 bits per heavy atom. The fourth-order valence-electron chi connectivity index (χ4n) is 2.85. The smallest absolute Gasteiger partial charge is 0.246 e. The van der Waals surface area contributed by atoms with Crippen LogP contribution in [0.5, 0.6) is 0 Å². The fraction of sp³-hybridized carbons (Fsp3) is 0.867. The van der Waals surface area contributed by atoms with Crippen molar-refractivity contribution in [3.05, 3.63) is 0 Å². The van der Waals surface area contributed by atoms with Gasteiger partial charge in [-0.3, -0.25) is 9.59 Å². The highest BCUT2D eigenvalue weighted by Gasteiger charge is 2.43. The maximum atomic E-state index is 12.6. The number of carbonyl (C=O) groups is 2. The van der Waals surface area contributed by atoms with Gasteiger partial charge in [0.05, 0.1) is 0 Å². The van der Waals surface area contributed by atoms with E-state index in [4.69, 9.17) is 0 Å². The summed E-state index contributed by atoms with van der Waals surface area (Å²) < 4.78 is 0. The number of carbonyl (C=O) groups excluding carboxylic acids is 2. The molecule has 0 aromatic rings. The molecule has 0 aromatic carbocycles. The van der Waals surface area contributed by atoms with Crippen molar-refractivity contribution in [3.63, 3.8) is 0 Å². The summed E-state index contributed by atoms with van der Waals surface area (Å²) in [7, 11) is 0. The minimum Gasteiger partial charge on any atom is -0.342 e.